The van der Waals surface area contributed by atoms with Crippen LogP contribution in [0.5, 0.6) is 0 Å². The lowest BCUT2D eigenvalue weighted by Gasteiger charge is -2.30. The average Bonchev–Trinajstić information content (AvgIpc) is 2.92. The molecule has 1 saturated heterocycles. The third-order valence-corrected chi connectivity index (χ3v) is 3.72. The lowest BCUT2D eigenvalue weighted by atomic mass is 10.0. The first-order valence-corrected chi connectivity index (χ1v) is 7.01. The van der Waals surface area contributed by atoms with Crippen molar-refractivity contribution in [3.8, 4) is 0 Å². The smallest absolute Gasteiger partial charge is 0.310 e. The molecule has 6 heteroatoms. The minimum atomic E-state index is -0.888. The summed E-state index contributed by atoms with van der Waals surface area (Å²) >= 11 is 0. The molecule has 1 fully saturated rings. The van der Waals surface area contributed by atoms with E-state index in [4.69, 9.17) is 4.74 Å². The second kappa shape index (κ2) is 6.95. The molecule has 1 aliphatic rings. The van der Waals surface area contributed by atoms with Crippen LogP contribution in [0, 0.1) is 17.6 Å². The van der Waals surface area contributed by atoms with Gasteiger partial charge in [-0.2, -0.15) is 0 Å². The van der Waals surface area contributed by atoms with Crippen LogP contribution in [-0.2, 0) is 16.1 Å². The number of nitrogens with zero attached hydrogens (tertiary/aromatic N) is 1. The van der Waals surface area contributed by atoms with Crippen molar-refractivity contribution in [1.29, 1.82) is 0 Å². The van der Waals surface area contributed by atoms with E-state index >= 15 is 0 Å². The van der Waals surface area contributed by atoms with Gasteiger partial charge in [0, 0.05) is 12.6 Å². The molecular formula is C15H19F2NO3. The SMILES string of the molecule is CCCN(Cc1ccc(F)c(F)c1)C1COCC1C(=O)O. The molecule has 0 amide bonds. The first-order chi connectivity index (χ1) is 10.0. The van der Waals surface area contributed by atoms with Gasteiger partial charge in [0.15, 0.2) is 11.6 Å². The van der Waals surface area contributed by atoms with Crippen LogP contribution in [0.2, 0.25) is 0 Å². The zero-order valence-corrected chi connectivity index (χ0v) is 11.9. The number of hydrogen-bond acceptors (Lipinski definition) is 3. The van der Waals surface area contributed by atoms with Crippen LogP contribution in [0.4, 0.5) is 8.78 Å². The number of carbonyl (C=O) groups is 1. The van der Waals surface area contributed by atoms with Crippen LogP contribution < -0.4 is 0 Å². The zero-order valence-electron chi connectivity index (χ0n) is 11.9. The summed E-state index contributed by atoms with van der Waals surface area (Å²) in [6, 6.07) is 3.53. The molecule has 2 unspecified atom stereocenters. The highest BCUT2D eigenvalue weighted by atomic mass is 19.2. The first kappa shape index (κ1) is 15.9. The van der Waals surface area contributed by atoms with E-state index in [1.165, 1.54) is 6.07 Å². The van der Waals surface area contributed by atoms with Gasteiger partial charge in [-0.1, -0.05) is 13.0 Å². The first-order valence-electron chi connectivity index (χ1n) is 7.01. The highest BCUT2D eigenvalue weighted by molar-refractivity contribution is 5.71. The Balaban J connectivity index is 2.14. The molecule has 1 N–H and O–H groups in total. The van der Waals surface area contributed by atoms with Crippen molar-refractivity contribution in [1.82, 2.24) is 4.90 Å². The predicted octanol–water partition coefficient (Wildman–Crippen LogP) is 2.28. The molecule has 2 rings (SSSR count). The number of halogens is 2. The Morgan fingerprint density at radius 3 is 2.76 bits per heavy atom. The predicted molar refractivity (Wildman–Crippen MR) is 72.8 cm³/mol. The van der Waals surface area contributed by atoms with Crippen LogP contribution in [0.25, 0.3) is 0 Å². The Hall–Kier alpha value is -1.53. The molecule has 0 aliphatic carbocycles. The second-order valence-corrected chi connectivity index (χ2v) is 5.27. The molecule has 0 aromatic heterocycles. The Labute approximate surface area is 122 Å². The maximum Gasteiger partial charge on any atom is 0.310 e. The third kappa shape index (κ3) is 3.77. The minimum absolute atomic E-state index is 0.192. The molecule has 21 heavy (non-hydrogen) atoms. The van der Waals surface area contributed by atoms with Crippen LogP contribution in [0.15, 0.2) is 18.2 Å². The molecular weight excluding hydrogens is 280 g/mol. The van der Waals surface area contributed by atoms with Gasteiger partial charge in [0.25, 0.3) is 0 Å². The maximum absolute atomic E-state index is 13.3. The molecule has 1 aromatic rings. The van der Waals surface area contributed by atoms with Gasteiger partial charge in [-0.3, -0.25) is 9.69 Å². The second-order valence-electron chi connectivity index (χ2n) is 5.27. The highest BCUT2D eigenvalue weighted by Crippen LogP contribution is 2.23. The van der Waals surface area contributed by atoms with Gasteiger partial charge in [0.2, 0.25) is 0 Å². The van der Waals surface area contributed by atoms with E-state index in [0.29, 0.717) is 25.3 Å². The van der Waals surface area contributed by atoms with E-state index in [2.05, 4.69) is 0 Å². The van der Waals surface area contributed by atoms with Crippen molar-refractivity contribution in [3.05, 3.63) is 35.4 Å². The van der Waals surface area contributed by atoms with Crippen LogP contribution in [0.1, 0.15) is 18.9 Å². The van der Waals surface area contributed by atoms with E-state index in [0.717, 1.165) is 18.6 Å². The van der Waals surface area contributed by atoms with Gasteiger partial charge in [-0.25, -0.2) is 8.78 Å². The molecule has 0 spiro atoms. The Morgan fingerprint density at radius 2 is 2.14 bits per heavy atom. The number of carboxylic acid groups (broad SMARTS) is 1. The van der Waals surface area contributed by atoms with Crippen molar-refractivity contribution in [2.45, 2.75) is 25.9 Å². The van der Waals surface area contributed by atoms with Crippen molar-refractivity contribution in [2.24, 2.45) is 5.92 Å². The van der Waals surface area contributed by atoms with E-state index < -0.39 is 23.5 Å². The normalized spacial score (nSPS) is 21.9. The summed E-state index contributed by atoms with van der Waals surface area (Å²) in [6.07, 6.45) is 0.840. The van der Waals surface area contributed by atoms with Crippen molar-refractivity contribution < 1.29 is 23.4 Å². The summed E-state index contributed by atoms with van der Waals surface area (Å²) < 4.78 is 31.5. The molecule has 0 radical (unpaired) electrons. The molecule has 1 aromatic carbocycles. The summed E-state index contributed by atoms with van der Waals surface area (Å²) in [5.74, 6) is -3.24. The Morgan fingerprint density at radius 1 is 1.38 bits per heavy atom. The standard InChI is InChI=1S/C15H19F2NO3/c1-2-5-18(14-9-21-8-11(14)15(19)20)7-10-3-4-12(16)13(17)6-10/h3-4,6,11,14H,2,5,7-9H2,1H3,(H,19,20). The van der Waals surface area contributed by atoms with Crippen LogP contribution >= 0.6 is 0 Å². The zero-order chi connectivity index (χ0) is 15.4. The fourth-order valence-corrected chi connectivity index (χ4v) is 2.66. The minimum Gasteiger partial charge on any atom is -0.481 e. The molecule has 1 heterocycles. The van der Waals surface area contributed by atoms with Crippen molar-refractivity contribution in [2.75, 3.05) is 19.8 Å². The molecule has 2 atom stereocenters. The number of aliphatic carboxylic acids is 1. The fourth-order valence-electron chi connectivity index (χ4n) is 2.66. The van der Waals surface area contributed by atoms with Gasteiger partial charge >= 0.3 is 5.97 Å². The number of carboxylic acids is 1. The summed E-state index contributed by atoms with van der Waals surface area (Å²) in [6.45, 7) is 3.59. The topological polar surface area (TPSA) is 49.8 Å². The van der Waals surface area contributed by atoms with Gasteiger partial charge in [-0.15, -0.1) is 0 Å². The monoisotopic (exact) mass is 299 g/mol. The maximum atomic E-state index is 13.3. The van der Waals surface area contributed by atoms with E-state index in [1.54, 1.807) is 0 Å². The quantitative estimate of drug-likeness (QED) is 0.875. The van der Waals surface area contributed by atoms with Gasteiger partial charge in [0.05, 0.1) is 19.1 Å². The number of hydrogen-bond donors (Lipinski definition) is 1. The molecule has 4 nitrogen and oxygen atoms in total. The summed E-state index contributed by atoms with van der Waals surface area (Å²) in [4.78, 5) is 13.2. The molecule has 1 aliphatic heterocycles. The number of rotatable bonds is 6. The van der Waals surface area contributed by atoms with E-state index in [1.807, 2.05) is 11.8 Å². The van der Waals surface area contributed by atoms with Gasteiger partial charge in [-0.05, 0) is 30.7 Å². The van der Waals surface area contributed by atoms with Crippen LogP contribution in [0.3, 0.4) is 0 Å². The number of ether oxygens (including phenoxy) is 1. The summed E-state index contributed by atoms with van der Waals surface area (Å²) in [7, 11) is 0. The Kier molecular flexibility index (Phi) is 5.25. The summed E-state index contributed by atoms with van der Waals surface area (Å²) in [5, 5.41) is 9.23. The number of benzene rings is 1. The van der Waals surface area contributed by atoms with E-state index in [-0.39, 0.29) is 12.6 Å². The largest absolute Gasteiger partial charge is 0.481 e. The van der Waals surface area contributed by atoms with Gasteiger partial charge < -0.3 is 9.84 Å². The lowest BCUT2D eigenvalue weighted by molar-refractivity contribution is -0.143. The lowest BCUT2D eigenvalue weighted by Crippen LogP contribution is -2.43. The summed E-state index contributed by atoms with van der Waals surface area (Å²) in [5.41, 5.74) is 0.624. The average molecular weight is 299 g/mol. The van der Waals surface area contributed by atoms with Crippen molar-refractivity contribution >= 4 is 5.97 Å². The fraction of sp³-hybridized carbons (Fsp3) is 0.533. The van der Waals surface area contributed by atoms with Gasteiger partial charge in [0.1, 0.15) is 0 Å². The third-order valence-electron chi connectivity index (χ3n) is 3.72. The molecule has 116 valence electrons. The molecule has 0 bridgehead atoms. The molecule has 0 saturated carbocycles. The van der Waals surface area contributed by atoms with Crippen molar-refractivity contribution in [3.63, 3.8) is 0 Å². The van der Waals surface area contributed by atoms with E-state index in [9.17, 15) is 18.7 Å². The van der Waals surface area contributed by atoms with Crippen LogP contribution in [-0.4, -0.2) is 41.8 Å². The highest BCUT2D eigenvalue weighted by Gasteiger charge is 2.37. The Bertz CT molecular complexity index is 510.